The number of nitriles is 2. The molecule has 0 spiro atoms. The Bertz CT molecular complexity index is 1230. The largest absolute Gasteiger partial charge is 0.256 e. The third kappa shape index (κ3) is 3.26. The Morgan fingerprint density at radius 1 is 0.607 bits per heavy atom. The third-order valence-electron chi connectivity index (χ3n) is 4.63. The predicted molar refractivity (Wildman–Crippen MR) is 110 cm³/mol. The lowest BCUT2D eigenvalue weighted by Gasteiger charge is -2.09. The Kier molecular flexibility index (Phi) is 4.66. The van der Waals surface area contributed by atoms with Gasteiger partial charge < -0.3 is 0 Å². The van der Waals surface area contributed by atoms with E-state index in [1.807, 2.05) is 60.7 Å². The molecule has 0 saturated heterocycles. The smallest absolute Gasteiger partial charge is 0.101 e. The van der Waals surface area contributed by atoms with E-state index in [2.05, 4.69) is 35.3 Å². The molecule has 0 radical (unpaired) electrons. The highest BCUT2D eigenvalue weighted by Crippen LogP contribution is 2.31. The summed E-state index contributed by atoms with van der Waals surface area (Å²) >= 11 is 0. The molecule has 4 aromatic rings. The van der Waals surface area contributed by atoms with Crippen LogP contribution >= 0.6 is 0 Å². The molecule has 0 saturated carbocycles. The first-order valence-electron chi connectivity index (χ1n) is 8.85. The van der Waals surface area contributed by atoms with Crippen molar-refractivity contribution in [2.75, 3.05) is 0 Å². The summed E-state index contributed by atoms with van der Waals surface area (Å²) in [6.45, 7) is 0. The lowest BCUT2D eigenvalue weighted by atomic mass is 9.93. The van der Waals surface area contributed by atoms with E-state index in [0.29, 0.717) is 11.1 Å². The molecule has 28 heavy (non-hydrogen) atoms. The van der Waals surface area contributed by atoms with E-state index in [-0.39, 0.29) is 0 Å². The van der Waals surface area contributed by atoms with Gasteiger partial charge in [-0.2, -0.15) is 10.5 Å². The molecule has 0 N–H and O–H groups in total. The highest BCUT2D eigenvalue weighted by Gasteiger charge is 2.11. The van der Waals surface area contributed by atoms with Crippen LogP contribution in [-0.4, -0.2) is 4.98 Å². The summed E-state index contributed by atoms with van der Waals surface area (Å²) in [7, 11) is 0. The molecular formula is C25H15N3. The average molecular weight is 357 g/mol. The van der Waals surface area contributed by atoms with Gasteiger partial charge in [0.2, 0.25) is 0 Å². The van der Waals surface area contributed by atoms with E-state index >= 15 is 0 Å². The van der Waals surface area contributed by atoms with Gasteiger partial charge in [-0.1, -0.05) is 54.6 Å². The summed E-state index contributed by atoms with van der Waals surface area (Å²) in [6.07, 6.45) is 1.79. The monoisotopic (exact) mass is 357 g/mol. The van der Waals surface area contributed by atoms with Crippen molar-refractivity contribution in [1.82, 2.24) is 4.98 Å². The second-order valence-electron chi connectivity index (χ2n) is 6.33. The summed E-state index contributed by atoms with van der Waals surface area (Å²) in [5.41, 5.74) is 6.56. The molecule has 0 bridgehead atoms. The molecule has 0 aliphatic heterocycles. The molecule has 0 amide bonds. The van der Waals surface area contributed by atoms with Crippen molar-refractivity contribution in [1.29, 1.82) is 10.5 Å². The van der Waals surface area contributed by atoms with Crippen LogP contribution in [0.5, 0.6) is 0 Å². The number of nitrogens with zero attached hydrogens (tertiary/aromatic N) is 3. The van der Waals surface area contributed by atoms with Crippen LogP contribution < -0.4 is 0 Å². The van der Waals surface area contributed by atoms with Crippen LogP contribution in [0.3, 0.4) is 0 Å². The van der Waals surface area contributed by atoms with Crippen LogP contribution in [0.2, 0.25) is 0 Å². The van der Waals surface area contributed by atoms with E-state index < -0.39 is 0 Å². The van der Waals surface area contributed by atoms with E-state index in [9.17, 15) is 10.5 Å². The third-order valence-corrected chi connectivity index (χ3v) is 4.63. The van der Waals surface area contributed by atoms with Gasteiger partial charge in [0.25, 0.3) is 0 Å². The van der Waals surface area contributed by atoms with Crippen molar-refractivity contribution < 1.29 is 0 Å². The Morgan fingerprint density at radius 2 is 1.29 bits per heavy atom. The van der Waals surface area contributed by atoms with Gasteiger partial charge in [0, 0.05) is 17.3 Å². The molecule has 3 aromatic carbocycles. The fourth-order valence-corrected chi connectivity index (χ4v) is 3.26. The van der Waals surface area contributed by atoms with E-state index in [1.165, 1.54) is 0 Å². The van der Waals surface area contributed by atoms with Gasteiger partial charge in [-0.25, -0.2) is 0 Å². The molecule has 0 aliphatic carbocycles. The highest BCUT2D eigenvalue weighted by molar-refractivity contribution is 5.79. The van der Waals surface area contributed by atoms with Gasteiger partial charge >= 0.3 is 0 Å². The summed E-state index contributed by atoms with van der Waals surface area (Å²) in [6, 6.07) is 31.7. The fraction of sp³-hybridized carbons (Fsp3) is 0. The number of rotatable bonds is 3. The summed E-state index contributed by atoms with van der Waals surface area (Å²) in [5.74, 6) is 0. The minimum Gasteiger partial charge on any atom is -0.256 e. The van der Waals surface area contributed by atoms with Gasteiger partial charge in [0.15, 0.2) is 0 Å². The van der Waals surface area contributed by atoms with E-state index in [1.54, 1.807) is 12.3 Å². The number of hydrogen-bond acceptors (Lipinski definition) is 3. The lowest BCUT2D eigenvalue weighted by molar-refractivity contribution is 1.33. The topological polar surface area (TPSA) is 60.5 Å². The van der Waals surface area contributed by atoms with Gasteiger partial charge in [-0.15, -0.1) is 0 Å². The highest BCUT2D eigenvalue weighted by atomic mass is 14.7. The Labute approximate surface area is 163 Å². The maximum Gasteiger partial charge on any atom is 0.101 e. The molecule has 1 heterocycles. The minimum atomic E-state index is 0.391. The van der Waals surface area contributed by atoms with Crippen LogP contribution in [0.15, 0.2) is 91.1 Å². The van der Waals surface area contributed by atoms with Gasteiger partial charge in [0.1, 0.15) is 12.1 Å². The van der Waals surface area contributed by atoms with Crippen molar-refractivity contribution in [2.45, 2.75) is 0 Å². The predicted octanol–water partition coefficient (Wildman–Crippen LogP) is 5.83. The van der Waals surface area contributed by atoms with Crippen LogP contribution in [0.4, 0.5) is 0 Å². The minimum absolute atomic E-state index is 0.391. The van der Waals surface area contributed by atoms with Crippen LogP contribution in [0, 0.1) is 22.7 Å². The fourth-order valence-electron chi connectivity index (χ4n) is 3.26. The molecule has 1 aromatic heterocycles. The summed E-state index contributed by atoms with van der Waals surface area (Å²) < 4.78 is 0. The van der Waals surface area contributed by atoms with Gasteiger partial charge in [-0.3, -0.25) is 4.98 Å². The standard InChI is InChI=1S/C25H15N3/c26-16-22-10-5-11-23(24(22)17-27)20-8-3-6-18(14-20)19-7-4-9-21(15-19)25-12-1-2-13-28-25/h1-15H. The first kappa shape index (κ1) is 17.2. The molecule has 0 aliphatic rings. The summed E-state index contributed by atoms with van der Waals surface area (Å²) in [4.78, 5) is 4.42. The maximum atomic E-state index is 9.53. The molecule has 4 rings (SSSR count). The molecule has 3 nitrogen and oxygen atoms in total. The molecule has 0 unspecified atom stereocenters. The SMILES string of the molecule is N#Cc1cccc(-c2cccc(-c3cccc(-c4ccccn4)c3)c2)c1C#N. The van der Waals surface area contributed by atoms with Crippen LogP contribution in [0.1, 0.15) is 11.1 Å². The van der Waals surface area contributed by atoms with Crippen LogP contribution in [-0.2, 0) is 0 Å². The Hall–Kier alpha value is -4.21. The second kappa shape index (κ2) is 7.58. The number of aromatic nitrogens is 1. The Morgan fingerprint density at radius 3 is 1.96 bits per heavy atom. The number of hydrogen-bond donors (Lipinski definition) is 0. The van der Waals surface area contributed by atoms with Crippen molar-refractivity contribution in [3.63, 3.8) is 0 Å². The zero-order chi connectivity index (χ0) is 19.3. The molecule has 130 valence electrons. The first-order chi connectivity index (χ1) is 13.8. The molecule has 3 heteroatoms. The van der Waals surface area contributed by atoms with Crippen molar-refractivity contribution in [3.8, 4) is 45.6 Å². The quantitative estimate of drug-likeness (QED) is 0.464. The summed E-state index contributed by atoms with van der Waals surface area (Å²) in [5, 5.41) is 18.8. The van der Waals surface area contributed by atoms with Gasteiger partial charge in [-0.05, 0) is 47.0 Å². The lowest BCUT2D eigenvalue weighted by Crippen LogP contribution is -1.90. The molecule has 0 atom stereocenters. The van der Waals surface area contributed by atoms with Crippen molar-refractivity contribution in [3.05, 3.63) is 102 Å². The van der Waals surface area contributed by atoms with Crippen LogP contribution in [0.25, 0.3) is 33.5 Å². The van der Waals surface area contributed by atoms with Crippen molar-refractivity contribution >= 4 is 0 Å². The van der Waals surface area contributed by atoms with E-state index in [4.69, 9.17) is 0 Å². The number of benzene rings is 3. The zero-order valence-electron chi connectivity index (χ0n) is 15.0. The van der Waals surface area contributed by atoms with Gasteiger partial charge in [0.05, 0.1) is 16.8 Å². The molecule has 0 fully saturated rings. The zero-order valence-corrected chi connectivity index (χ0v) is 15.0. The number of pyridine rings is 1. The normalized spacial score (nSPS) is 10.1. The average Bonchev–Trinajstić information content (AvgIpc) is 2.79. The first-order valence-corrected chi connectivity index (χ1v) is 8.85. The molecular weight excluding hydrogens is 342 g/mol. The van der Waals surface area contributed by atoms with Crippen molar-refractivity contribution in [2.24, 2.45) is 0 Å². The second-order valence-corrected chi connectivity index (χ2v) is 6.33. The van der Waals surface area contributed by atoms with E-state index in [0.717, 1.165) is 33.5 Å². The Balaban J connectivity index is 1.80. The maximum absolute atomic E-state index is 9.53.